The molecule has 3 aromatic rings. The van der Waals surface area contributed by atoms with E-state index in [9.17, 15) is 9.59 Å². The van der Waals surface area contributed by atoms with Gasteiger partial charge in [-0.25, -0.2) is 4.98 Å². The third kappa shape index (κ3) is 4.43. The molecule has 1 aliphatic carbocycles. The van der Waals surface area contributed by atoms with Gasteiger partial charge in [-0.1, -0.05) is 11.8 Å². The van der Waals surface area contributed by atoms with E-state index < -0.39 is 0 Å². The summed E-state index contributed by atoms with van der Waals surface area (Å²) < 4.78 is 1.96. The quantitative estimate of drug-likeness (QED) is 0.660. The molecule has 2 aromatic carbocycles. The van der Waals surface area contributed by atoms with E-state index in [0.29, 0.717) is 11.3 Å². The van der Waals surface area contributed by atoms with E-state index >= 15 is 0 Å². The Morgan fingerprint density at radius 1 is 1.00 bits per heavy atom. The normalized spacial score (nSPS) is 13.2. The fraction of sp³-hybridized carbons (Fsp3) is 0.190. The number of amides is 2. The van der Waals surface area contributed by atoms with Crippen LogP contribution >= 0.6 is 11.8 Å². The summed E-state index contributed by atoms with van der Waals surface area (Å²) in [7, 11) is 1.95. The monoisotopic (exact) mass is 392 g/mol. The van der Waals surface area contributed by atoms with Gasteiger partial charge in [0.05, 0.1) is 0 Å². The molecule has 0 aliphatic heterocycles. The second-order valence-corrected chi connectivity index (χ2v) is 7.78. The van der Waals surface area contributed by atoms with Crippen LogP contribution in [0.4, 0.5) is 11.4 Å². The molecule has 1 fully saturated rings. The smallest absolute Gasteiger partial charge is 0.255 e. The average molecular weight is 392 g/mol. The van der Waals surface area contributed by atoms with E-state index in [-0.39, 0.29) is 17.7 Å². The minimum atomic E-state index is -0.190. The predicted octanol–water partition coefficient (Wildman–Crippen LogP) is 4.17. The highest BCUT2D eigenvalue weighted by Gasteiger charge is 2.29. The molecule has 142 valence electrons. The molecule has 1 heterocycles. The van der Waals surface area contributed by atoms with Gasteiger partial charge in [-0.3, -0.25) is 9.59 Å². The zero-order valence-corrected chi connectivity index (χ0v) is 16.2. The fourth-order valence-corrected chi connectivity index (χ4v) is 3.46. The first-order valence-corrected chi connectivity index (χ1v) is 9.88. The van der Waals surface area contributed by atoms with Gasteiger partial charge in [0.1, 0.15) is 0 Å². The van der Waals surface area contributed by atoms with Gasteiger partial charge in [0.15, 0.2) is 5.16 Å². The van der Waals surface area contributed by atoms with Gasteiger partial charge in [-0.2, -0.15) is 0 Å². The van der Waals surface area contributed by atoms with Crippen LogP contribution in [-0.4, -0.2) is 21.4 Å². The highest BCUT2D eigenvalue weighted by Crippen LogP contribution is 2.30. The lowest BCUT2D eigenvalue weighted by Gasteiger charge is -2.08. The summed E-state index contributed by atoms with van der Waals surface area (Å²) in [4.78, 5) is 29.6. The summed E-state index contributed by atoms with van der Waals surface area (Å²) in [5, 5.41) is 6.66. The lowest BCUT2D eigenvalue weighted by atomic mass is 10.2. The number of benzene rings is 2. The number of rotatable bonds is 6. The highest BCUT2D eigenvalue weighted by molar-refractivity contribution is 7.99. The lowest BCUT2D eigenvalue weighted by Crippen LogP contribution is -2.14. The maximum atomic E-state index is 12.4. The molecular formula is C21H20N4O2S. The van der Waals surface area contributed by atoms with Crippen LogP contribution in [0.1, 0.15) is 23.2 Å². The van der Waals surface area contributed by atoms with E-state index in [1.54, 1.807) is 42.2 Å². The third-order valence-corrected chi connectivity index (χ3v) is 5.54. The zero-order valence-electron chi connectivity index (χ0n) is 15.4. The number of hydrogen-bond donors (Lipinski definition) is 2. The number of aryl methyl sites for hydroxylation is 1. The van der Waals surface area contributed by atoms with Crippen LogP contribution in [0.2, 0.25) is 0 Å². The standard InChI is InChI=1S/C21H20N4O2S/c1-25-13-12-22-21(25)28-18-10-8-17(9-11-18)24-20(27)15-4-6-16(7-5-15)23-19(26)14-2-3-14/h4-14H,2-3H2,1H3,(H,23,26)(H,24,27). The number of aromatic nitrogens is 2. The predicted molar refractivity (Wildman–Crippen MR) is 110 cm³/mol. The first-order chi connectivity index (χ1) is 13.6. The van der Waals surface area contributed by atoms with Gasteiger partial charge < -0.3 is 15.2 Å². The largest absolute Gasteiger partial charge is 0.329 e. The Bertz CT molecular complexity index is 992. The molecule has 0 spiro atoms. The van der Waals surface area contributed by atoms with Gasteiger partial charge >= 0.3 is 0 Å². The Kier molecular flexibility index (Phi) is 5.16. The van der Waals surface area contributed by atoms with E-state index in [4.69, 9.17) is 0 Å². The molecule has 0 bridgehead atoms. The summed E-state index contributed by atoms with van der Waals surface area (Å²) in [6.45, 7) is 0. The van der Waals surface area contributed by atoms with Crippen molar-refractivity contribution in [3.05, 3.63) is 66.5 Å². The van der Waals surface area contributed by atoms with E-state index in [1.165, 1.54) is 0 Å². The summed E-state index contributed by atoms with van der Waals surface area (Å²) >= 11 is 1.56. The summed E-state index contributed by atoms with van der Waals surface area (Å²) in [6, 6.07) is 14.6. The van der Waals surface area contributed by atoms with Gasteiger partial charge in [0.25, 0.3) is 5.91 Å². The van der Waals surface area contributed by atoms with E-state index in [2.05, 4.69) is 15.6 Å². The van der Waals surface area contributed by atoms with Crippen LogP contribution in [0, 0.1) is 5.92 Å². The SMILES string of the molecule is Cn1ccnc1Sc1ccc(NC(=O)c2ccc(NC(=O)C3CC3)cc2)cc1. The molecule has 1 saturated carbocycles. The van der Waals surface area contributed by atoms with Crippen molar-refractivity contribution in [3.63, 3.8) is 0 Å². The maximum absolute atomic E-state index is 12.4. The Hall–Kier alpha value is -3.06. The Balaban J connectivity index is 1.35. The first-order valence-electron chi connectivity index (χ1n) is 9.06. The van der Waals surface area contributed by atoms with Crippen molar-refractivity contribution in [3.8, 4) is 0 Å². The van der Waals surface area contributed by atoms with Crippen molar-refractivity contribution < 1.29 is 9.59 Å². The van der Waals surface area contributed by atoms with Crippen molar-refractivity contribution in [1.82, 2.24) is 9.55 Å². The number of nitrogens with one attached hydrogen (secondary N) is 2. The molecular weight excluding hydrogens is 372 g/mol. The number of carbonyl (C=O) groups is 2. The van der Waals surface area contributed by atoms with Gasteiger partial charge in [-0.05, 0) is 61.4 Å². The molecule has 0 saturated heterocycles. The van der Waals surface area contributed by atoms with Crippen LogP contribution in [0.15, 0.2) is 71.0 Å². The molecule has 0 radical (unpaired) electrons. The van der Waals surface area contributed by atoms with E-state index in [1.807, 2.05) is 42.1 Å². The number of anilines is 2. The summed E-state index contributed by atoms with van der Waals surface area (Å²) in [5.41, 5.74) is 1.97. The topological polar surface area (TPSA) is 76.0 Å². The third-order valence-electron chi connectivity index (χ3n) is 4.46. The Morgan fingerprint density at radius 3 is 2.25 bits per heavy atom. The molecule has 1 aromatic heterocycles. The summed E-state index contributed by atoms with van der Waals surface area (Å²) in [6.07, 6.45) is 5.59. The second kappa shape index (κ2) is 7.90. The van der Waals surface area contributed by atoms with Crippen LogP contribution in [0.3, 0.4) is 0 Å². The van der Waals surface area contributed by atoms with Gasteiger partial charge in [0.2, 0.25) is 5.91 Å². The van der Waals surface area contributed by atoms with Crippen molar-refractivity contribution in [2.45, 2.75) is 22.9 Å². The second-order valence-electron chi connectivity index (χ2n) is 6.74. The molecule has 2 N–H and O–H groups in total. The van der Waals surface area contributed by atoms with Gasteiger partial charge in [-0.15, -0.1) is 0 Å². The van der Waals surface area contributed by atoms with Crippen molar-refractivity contribution in [2.75, 3.05) is 10.6 Å². The average Bonchev–Trinajstić information content (AvgIpc) is 3.48. The molecule has 1 aliphatic rings. The zero-order chi connectivity index (χ0) is 19.5. The van der Waals surface area contributed by atoms with Crippen LogP contribution in [-0.2, 0) is 11.8 Å². The molecule has 6 nitrogen and oxygen atoms in total. The summed E-state index contributed by atoms with van der Waals surface area (Å²) in [5.74, 6) is 0.0202. The molecule has 4 rings (SSSR count). The molecule has 7 heteroatoms. The lowest BCUT2D eigenvalue weighted by molar-refractivity contribution is -0.117. The van der Waals surface area contributed by atoms with Crippen molar-refractivity contribution >= 4 is 35.0 Å². The van der Waals surface area contributed by atoms with Crippen LogP contribution in [0.25, 0.3) is 0 Å². The number of imidazole rings is 1. The fourth-order valence-electron chi connectivity index (χ4n) is 2.66. The molecule has 0 unspecified atom stereocenters. The van der Waals surface area contributed by atoms with Crippen LogP contribution < -0.4 is 10.6 Å². The van der Waals surface area contributed by atoms with Gasteiger partial charge in [0, 0.05) is 47.2 Å². The highest BCUT2D eigenvalue weighted by atomic mass is 32.2. The van der Waals surface area contributed by atoms with E-state index in [0.717, 1.165) is 28.6 Å². The van der Waals surface area contributed by atoms with Crippen molar-refractivity contribution in [1.29, 1.82) is 0 Å². The molecule has 2 amide bonds. The Morgan fingerprint density at radius 2 is 1.64 bits per heavy atom. The number of nitrogens with zero attached hydrogens (tertiary/aromatic N) is 2. The molecule has 28 heavy (non-hydrogen) atoms. The molecule has 0 atom stereocenters. The minimum Gasteiger partial charge on any atom is -0.329 e. The first kappa shape index (κ1) is 18.3. The van der Waals surface area contributed by atoms with Crippen molar-refractivity contribution in [2.24, 2.45) is 13.0 Å². The number of hydrogen-bond acceptors (Lipinski definition) is 4. The van der Waals surface area contributed by atoms with Crippen LogP contribution in [0.5, 0.6) is 0 Å². The Labute approximate surface area is 167 Å². The maximum Gasteiger partial charge on any atom is 0.255 e. The number of carbonyl (C=O) groups excluding carboxylic acids is 2. The minimum absolute atomic E-state index is 0.0562.